The molecule has 1 aliphatic rings. The van der Waals surface area contributed by atoms with Gasteiger partial charge in [0.15, 0.2) is 0 Å². The van der Waals surface area contributed by atoms with Gasteiger partial charge in [-0.15, -0.1) is 0 Å². The largest absolute Gasteiger partial charge is 0.399 e. The number of nitrogen functional groups attached to an aromatic ring is 1. The van der Waals surface area contributed by atoms with Crippen LogP contribution in [0.4, 0.5) is 5.69 Å². The van der Waals surface area contributed by atoms with Crippen molar-refractivity contribution in [3.8, 4) is 0 Å². The van der Waals surface area contributed by atoms with Crippen LogP contribution in [0.25, 0.3) is 0 Å². The fraction of sp³-hybridized carbons (Fsp3) is 0.462. The van der Waals surface area contributed by atoms with E-state index in [0.717, 1.165) is 5.56 Å². The molecule has 2 rings (SSSR count). The molecule has 2 unspecified atom stereocenters. The number of β-amino-alcohol motifs (C(OH)–C–C–N with tert-alkyl or cyclic N) is 1. The van der Waals surface area contributed by atoms with Crippen molar-refractivity contribution in [2.24, 2.45) is 0 Å². The number of amides is 1. The van der Waals surface area contributed by atoms with Crippen LogP contribution in [0.2, 0.25) is 0 Å². The average Bonchev–Trinajstić information content (AvgIpc) is 2.74. The van der Waals surface area contributed by atoms with Crippen LogP contribution in [-0.4, -0.2) is 35.1 Å². The Kier molecular flexibility index (Phi) is 3.33. The molecule has 0 radical (unpaired) electrons. The highest BCUT2D eigenvalue weighted by molar-refractivity contribution is 5.83. The van der Waals surface area contributed by atoms with Crippen LogP contribution in [0.1, 0.15) is 24.8 Å². The van der Waals surface area contributed by atoms with Crippen LogP contribution >= 0.6 is 0 Å². The van der Waals surface area contributed by atoms with Gasteiger partial charge in [-0.05, 0) is 31.0 Å². The third kappa shape index (κ3) is 2.58. The second kappa shape index (κ2) is 4.75. The number of anilines is 1. The van der Waals surface area contributed by atoms with Gasteiger partial charge in [-0.1, -0.05) is 12.1 Å². The Labute approximate surface area is 101 Å². The summed E-state index contributed by atoms with van der Waals surface area (Å²) in [5, 5.41) is 9.43. The standard InChI is InChI=1S/C13H18N2O2/c1-9(10-3-2-4-11(14)7-10)13(17)15-6-5-12(16)8-15/h2-4,7,9,12,16H,5-6,8,14H2,1H3. The molecule has 2 atom stereocenters. The molecule has 3 N–H and O–H groups in total. The van der Waals surface area contributed by atoms with Crippen molar-refractivity contribution in [3.63, 3.8) is 0 Å². The summed E-state index contributed by atoms with van der Waals surface area (Å²) in [4.78, 5) is 13.9. The number of nitrogens with zero attached hydrogens (tertiary/aromatic N) is 1. The lowest BCUT2D eigenvalue weighted by Gasteiger charge is -2.20. The molecule has 17 heavy (non-hydrogen) atoms. The molecule has 0 aliphatic carbocycles. The van der Waals surface area contributed by atoms with E-state index in [0.29, 0.717) is 25.2 Å². The van der Waals surface area contributed by atoms with E-state index in [1.807, 2.05) is 25.1 Å². The van der Waals surface area contributed by atoms with Crippen molar-refractivity contribution in [1.82, 2.24) is 4.90 Å². The highest BCUT2D eigenvalue weighted by Crippen LogP contribution is 2.22. The predicted octanol–water partition coefficient (Wildman–Crippen LogP) is 0.966. The minimum absolute atomic E-state index is 0.0622. The summed E-state index contributed by atoms with van der Waals surface area (Å²) in [5.41, 5.74) is 7.30. The summed E-state index contributed by atoms with van der Waals surface area (Å²) in [7, 11) is 0. The van der Waals surface area contributed by atoms with E-state index >= 15 is 0 Å². The summed E-state index contributed by atoms with van der Waals surface area (Å²) in [5.74, 6) is -0.143. The van der Waals surface area contributed by atoms with Gasteiger partial charge >= 0.3 is 0 Å². The van der Waals surface area contributed by atoms with Crippen LogP contribution in [0, 0.1) is 0 Å². The van der Waals surface area contributed by atoms with Crippen molar-refractivity contribution >= 4 is 11.6 Å². The van der Waals surface area contributed by atoms with Gasteiger partial charge in [-0.2, -0.15) is 0 Å². The van der Waals surface area contributed by atoms with Gasteiger partial charge in [0.2, 0.25) is 5.91 Å². The number of benzene rings is 1. The Hall–Kier alpha value is -1.55. The van der Waals surface area contributed by atoms with E-state index < -0.39 is 0 Å². The minimum atomic E-state index is -0.369. The molecule has 1 amide bonds. The number of rotatable bonds is 2. The Bertz CT molecular complexity index is 420. The number of hydrogen-bond donors (Lipinski definition) is 2. The van der Waals surface area contributed by atoms with E-state index in [9.17, 15) is 9.90 Å². The van der Waals surface area contributed by atoms with Crippen molar-refractivity contribution in [2.75, 3.05) is 18.8 Å². The van der Waals surface area contributed by atoms with Crippen molar-refractivity contribution < 1.29 is 9.90 Å². The van der Waals surface area contributed by atoms with Crippen LogP contribution in [0.3, 0.4) is 0 Å². The van der Waals surface area contributed by atoms with E-state index in [1.54, 1.807) is 11.0 Å². The Morgan fingerprint density at radius 2 is 2.35 bits per heavy atom. The number of aliphatic hydroxyl groups excluding tert-OH is 1. The summed E-state index contributed by atoms with van der Waals surface area (Å²) in [6.45, 7) is 2.97. The van der Waals surface area contributed by atoms with E-state index in [-0.39, 0.29) is 17.9 Å². The summed E-state index contributed by atoms with van der Waals surface area (Å²) >= 11 is 0. The van der Waals surface area contributed by atoms with E-state index in [1.165, 1.54) is 0 Å². The highest BCUT2D eigenvalue weighted by atomic mass is 16.3. The minimum Gasteiger partial charge on any atom is -0.399 e. The number of carbonyl (C=O) groups is 1. The van der Waals surface area contributed by atoms with Crippen molar-refractivity contribution in [2.45, 2.75) is 25.4 Å². The number of hydrogen-bond acceptors (Lipinski definition) is 3. The number of likely N-dealkylation sites (tertiary alicyclic amines) is 1. The monoisotopic (exact) mass is 234 g/mol. The maximum Gasteiger partial charge on any atom is 0.229 e. The molecule has 0 saturated carbocycles. The first-order chi connectivity index (χ1) is 8.08. The zero-order valence-corrected chi connectivity index (χ0v) is 9.97. The van der Waals surface area contributed by atoms with Crippen LogP contribution in [0.5, 0.6) is 0 Å². The van der Waals surface area contributed by atoms with Gasteiger partial charge in [-0.3, -0.25) is 4.79 Å². The maximum atomic E-state index is 12.2. The normalized spacial score (nSPS) is 21.5. The Balaban J connectivity index is 2.09. The third-order valence-corrected chi connectivity index (χ3v) is 3.26. The molecule has 1 heterocycles. The lowest BCUT2D eigenvalue weighted by molar-refractivity contribution is -0.131. The molecule has 4 nitrogen and oxygen atoms in total. The summed E-state index contributed by atoms with van der Waals surface area (Å²) < 4.78 is 0. The molecular formula is C13H18N2O2. The smallest absolute Gasteiger partial charge is 0.229 e. The van der Waals surface area contributed by atoms with Crippen LogP contribution in [0.15, 0.2) is 24.3 Å². The van der Waals surface area contributed by atoms with Gasteiger partial charge < -0.3 is 15.7 Å². The first-order valence-electron chi connectivity index (χ1n) is 5.90. The molecule has 1 fully saturated rings. The maximum absolute atomic E-state index is 12.2. The molecule has 1 aromatic carbocycles. The van der Waals surface area contributed by atoms with E-state index in [4.69, 9.17) is 5.73 Å². The lowest BCUT2D eigenvalue weighted by atomic mass is 9.99. The molecule has 0 aromatic heterocycles. The first-order valence-corrected chi connectivity index (χ1v) is 5.90. The molecular weight excluding hydrogens is 216 g/mol. The lowest BCUT2D eigenvalue weighted by Crippen LogP contribution is -2.33. The zero-order valence-electron chi connectivity index (χ0n) is 9.97. The summed E-state index contributed by atoms with van der Waals surface area (Å²) in [6.07, 6.45) is 0.307. The average molecular weight is 234 g/mol. The van der Waals surface area contributed by atoms with Gasteiger partial charge in [0.25, 0.3) is 0 Å². The van der Waals surface area contributed by atoms with Crippen LogP contribution in [-0.2, 0) is 4.79 Å². The fourth-order valence-corrected chi connectivity index (χ4v) is 2.19. The van der Waals surface area contributed by atoms with Gasteiger partial charge in [0.05, 0.1) is 12.0 Å². The number of aliphatic hydroxyl groups is 1. The predicted molar refractivity (Wildman–Crippen MR) is 66.5 cm³/mol. The molecule has 1 aromatic rings. The Morgan fingerprint density at radius 3 is 2.94 bits per heavy atom. The molecule has 1 aliphatic heterocycles. The molecule has 92 valence electrons. The number of nitrogens with two attached hydrogens (primary N) is 1. The second-order valence-corrected chi connectivity index (χ2v) is 4.62. The van der Waals surface area contributed by atoms with Crippen LogP contribution < -0.4 is 5.73 Å². The zero-order chi connectivity index (χ0) is 12.4. The van der Waals surface area contributed by atoms with Crippen molar-refractivity contribution in [3.05, 3.63) is 29.8 Å². The molecule has 0 bridgehead atoms. The third-order valence-electron chi connectivity index (χ3n) is 3.26. The van der Waals surface area contributed by atoms with Crippen molar-refractivity contribution in [1.29, 1.82) is 0 Å². The Morgan fingerprint density at radius 1 is 1.59 bits per heavy atom. The molecule has 0 spiro atoms. The number of carbonyl (C=O) groups excluding carboxylic acids is 1. The van der Waals surface area contributed by atoms with Gasteiger partial charge in [-0.25, -0.2) is 0 Å². The molecule has 4 heteroatoms. The second-order valence-electron chi connectivity index (χ2n) is 4.62. The van der Waals surface area contributed by atoms with E-state index in [2.05, 4.69) is 0 Å². The highest BCUT2D eigenvalue weighted by Gasteiger charge is 2.28. The van der Waals surface area contributed by atoms with Gasteiger partial charge in [0, 0.05) is 18.8 Å². The topological polar surface area (TPSA) is 66.6 Å². The van der Waals surface area contributed by atoms with Gasteiger partial charge in [0.1, 0.15) is 0 Å². The summed E-state index contributed by atoms with van der Waals surface area (Å²) in [6, 6.07) is 7.40. The SMILES string of the molecule is CC(C(=O)N1CCC(O)C1)c1cccc(N)c1. The molecule has 1 saturated heterocycles. The fourth-order valence-electron chi connectivity index (χ4n) is 2.19. The quantitative estimate of drug-likeness (QED) is 0.749. The first kappa shape index (κ1) is 11.9.